The number of alkyl halides is 3. The van der Waals surface area contributed by atoms with E-state index in [4.69, 9.17) is 14.2 Å². The molecule has 3 heterocycles. The molecule has 2 fully saturated rings. The lowest BCUT2D eigenvalue weighted by Gasteiger charge is -2.18. The van der Waals surface area contributed by atoms with Gasteiger partial charge in [0.15, 0.2) is 0 Å². The lowest BCUT2D eigenvalue weighted by Crippen LogP contribution is -2.44. The highest BCUT2D eigenvalue weighted by molar-refractivity contribution is 5.94. The Balaban J connectivity index is 1.18. The van der Waals surface area contributed by atoms with Crippen LogP contribution in [0.2, 0.25) is 0 Å². The number of para-hydroxylation sites is 1. The van der Waals surface area contributed by atoms with Gasteiger partial charge in [0.2, 0.25) is 0 Å². The van der Waals surface area contributed by atoms with Crippen molar-refractivity contribution < 1.29 is 32.2 Å². The summed E-state index contributed by atoms with van der Waals surface area (Å²) in [5, 5.41) is 11.1. The summed E-state index contributed by atoms with van der Waals surface area (Å²) in [6, 6.07) is 12.8. The minimum Gasteiger partial charge on any atom is -0.487 e. The Bertz CT molecular complexity index is 1140. The first-order valence-electron chi connectivity index (χ1n) is 10.7. The van der Waals surface area contributed by atoms with Crippen LogP contribution in [0.5, 0.6) is 5.75 Å². The van der Waals surface area contributed by atoms with Crippen LogP contribution in [0.4, 0.5) is 13.2 Å². The van der Waals surface area contributed by atoms with Gasteiger partial charge in [-0.25, -0.2) is 4.68 Å². The molecular formula is C23H21F3N4O4. The third kappa shape index (κ3) is 4.62. The molecule has 1 N–H and O–H groups in total. The second-order valence-corrected chi connectivity index (χ2v) is 8.11. The van der Waals surface area contributed by atoms with E-state index in [0.717, 1.165) is 30.0 Å². The Morgan fingerprint density at radius 3 is 2.53 bits per heavy atom. The number of hydrogen-bond acceptors (Lipinski definition) is 6. The fourth-order valence-electron chi connectivity index (χ4n) is 4.11. The van der Waals surface area contributed by atoms with Crippen LogP contribution in [0.1, 0.15) is 27.7 Å². The number of rotatable bonds is 6. The largest absolute Gasteiger partial charge is 0.487 e. The molecule has 34 heavy (non-hydrogen) atoms. The summed E-state index contributed by atoms with van der Waals surface area (Å²) < 4.78 is 57.4. The van der Waals surface area contributed by atoms with Gasteiger partial charge in [-0.15, -0.1) is 5.10 Å². The first-order chi connectivity index (χ1) is 16.4. The minimum atomic E-state index is -4.46. The molecule has 11 heteroatoms. The average molecular weight is 474 g/mol. The highest BCUT2D eigenvalue weighted by atomic mass is 19.4. The molecule has 178 valence electrons. The Morgan fingerprint density at radius 1 is 1.06 bits per heavy atom. The highest BCUT2D eigenvalue weighted by Gasteiger charge is 2.49. The first-order valence-corrected chi connectivity index (χ1v) is 10.7. The lowest BCUT2D eigenvalue weighted by atomic mass is 10.1. The Labute approximate surface area is 192 Å². The first kappa shape index (κ1) is 22.4. The number of ether oxygens (including phenoxy) is 3. The van der Waals surface area contributed by atoms with Gasteiger partial charge in [-0.1, -0.05) is 23.4 Å². The van der Waals surface area contributed by atoms with Crippen LogP contribution in [0, 0.1) is 0 Å². The van der Waals surface area contributed by atoms with Crippen molar-refractivity contribution in [1.29, 1.82) is 0 Å². The number of amides is 1. The topological polar surface area (TPSA) is 87.5 Å². The number of carbonyl (C=O) groups excluding carboxylic acids is 1. The van der Waals surface area contributed by atoms with Crippen molar-refractivity contribution in [2.45, 2.75) is 37.1 Å². The third-order valence-electron chi connectivity index (χ3n) is 5.85. The van der Waals surface area contributed by atoms with Gasteiger partial charge in [0, 0.05) is 5.56 Å². The number of nitrogens with zero attached hydrogens (tertiary/aromatic N) is 3. The number of benzene rings is 2. The van der Waals surface area contributed by atoms with E-state index in [2.05, 4.69) is 15.6 Å². The molecule has 0 spiro atoms. The van der Waals surface area contributed by atoms with Crippen molar-refractivity contribution in [3.63, 3.8) is 0 Å². The molecule has 4 atom stereocenters. The van der Waals surface area contributed by atoms with Crippen LogP contribution in [0.25, 0.3) is 0 Å². The van der Waals surface area contributed by atoms with E-state index in [0.29, 0.717) is 12.3 Å². The van der Waals surface area contributed by atoms with Crippen molar-refractivity contribution in [1.82, 2.24) is 20.3 Å². The molecule has 0 radical (unpaired) electrons. The van der Waals surface area contributed by atoms with Crippen LogP contribution in [-0.4, -0.2) is 52.4 Å². The smallest absolute Gasteiger partial charge is 0.416 e. The molecule has 3 aromatic rings. The highest BCUT2D eigenvalue weighted by Crippen LogP contribution is 2.34. The third-order valence-corrected chi connectivity index (χ3v) is 5.85. The summed E-state index contributed by atoms with van der Waals surface area (Å²) in [4.78, 5) is 12.5. The normalized spacial score (nSPS) is 24.1. The molecule has 1 aromatic heterocycles. The number of carbonyl (C=O) groups is 1. The van der Waals surface area contributed by atoms with Crippen molar-refractivity contribution in [3.05, 3.63) is 77.6 Å². The molecule has 0 aliphatic carbocycles. The predicted octanol–water partition coefficient (Wildman–Crippen LogP) is 3.01. The van der Waals surface area contributed by atoms with Gasteiger partial charge < -0.3 is 19.5 Å². The van der Waals surface area contributed by atoms with Gasteiger partial charge in [-0.05, 0) is 36.4 Å². The maximum Gasteiger partial charge on any atom is 0.416 e. The van der Waals surface area contributed by atoms with Crippen LogP contribution in [0.3, 0.4) is 0 Å². The lowest BCUT2D eigenvalue weighted by molar-refractivity contribution is -0.137. The number of hydrogen-bond donors (Lipinski definition) is 1. The Hall–Kier alpha value is -3.44. The fourth-order valence-corrected chi connectivity index (χ4v) is 4.11. The summed E-state index contributed by atoms with van der Waals surface area (Å²) in [6.07, 6.45) is -3.43. The molecular weight excluding hydrogens is 453 g/mol. The van der Waals surface area contributed by atoms with Crippen molar-refractivity contribution in [2.75, 3.05) is 13.2 Å². The van der Waals surface area contributed by atoms with E-state index in [9.17, 15) is 18.0 Å². The zero-order chi connectivity index (χ0) is 23.7. The quantitative estimate of drug-likeness (QED) is 0.591. The van der Waals surface area contributed by atoms with Crippen LogP contribution in [0.15, 0.2) is 60.8 Å². The molecule has 1 amide bonds. The SMILES string of the molecule is O=C(NC1COC2C1OCC2n1cc(COc2ccccc2)nn1)c1ccc(C(F)(F)F)cc1. The zero-order valence-corrected chi connectivity index (χ0v) is 17.8. The van der Waals surface area contributed by atoms with Crippen molar-refractivity contribution >= 4 is 5.91 Å². The standard InChI is InChI=1S/C23H21F3N4O4/c24-23(25,26)15-8-6-14(7-9-15)22(31)27-18-12-33-21-19(13-34-20(18)21)30-10-16(28-29-30)11-32-17-4-2-1-3-5-17/h1-10,18-21H,11-13H2,(H,27,31). The predicted molar refractivity (Wildman–Crippen MR) is 112 cm³/mol. The van der Waals surface area contributed by atoms with Crippen molar-refractivity contribution in [3.8, 4) is 5.75 Å². The van der Waals surface area contributed by atoms with E-state index in [1.807, 2.05) is 30.3 Å². The van der Waals surface area contributed by atoms with Gasteiger partial charge in [0.25, 0.3) is 5.91 Å². The average Bonchev–Trinajstić information content (AvgIpc) is 3.55. The van der Waals surface area contributed by atoms with Gasteiger partial charge in [0.05, 0.1) is 31.0 Å². The summed E-state index contributed by atoms with van der Waals surface area (Å²) in [7, 11) is 0. The van der Waals surface area contributed by atoms with Gasteiger partial charge in [-0.3, -0.25) is 4.79 Å². The minimum absolute atomic E-state index is 0.130. The summed E-state index contributed by atoms with van der Waals surface area (Å²) >= 11 is 0. The monoisotopic (exact) mass is 474 g/mol. The maximum atomic E-state index is 12.7. The van der Waals surface area contributed by atoms with E-state index < -0.39 is 29.8 Å². The number of halogens is 3. The summed E-state index contributed by atoms with van der Waals surface area (Å²) in [5.74, 6) is 0.239. The van der Waals surface area contributed by atoms with Crippen molar-refractivity contribution in [2.24, 2.45) is 0 Å². The van der Waals surface area contributed by atoms with Gasteiger partial charge >= 0.3 is 6.18 Å². The number of nitrogens with one attached hydrogen (secondary N) is 1. The van der Waals surface area contributed by atoms with Crippen LogP contribution < -0.4 is 10.1 Å². The molecule has 4 unspecified atom stereocenters. The molecule has 5 rings (SSSR count). The molecule has 8 nitrogen and oxygen atoms in total. The van der Waals surface area contributed by atoms with E-state index in [-0.39, 0.29) is 30.9 Å². The number of fused-ring (bicyclic) bond motifs is 1. The Kier molecular flexibility index (Phi) is 5.96. The maximum absolute atomic E-state index is 12.7. The Morgan fingerprint density at radius 2 is 1.79 bits per heavy atom. The summed E-state index contributed by atoms with van der Waals surface area (Å²) in [6.45, 7) is 0.805. The molecule has 2 saturated heterocycles. The van der Waals surface area contributed by atoms with Crippen LogP contribution in [-0.2, 0) is 22.3 Å². The van der Waals surface area contributed by atoms with Crippen LogP contribution >= 0.6 is 0 Å². The van der Waals surface area contributed by atoms with Gasteiger partial charge in [-0.2, -0.15) is 13.2 Å². The molecule has 0 saturated carbocycles. The second-order valence-electron chi connectivity index (χ2n) is 8.11. The second kappa shape index (κ2) is 9.07. The number of aromatic nitrogens is 3. The zero-order valence-electron chi connectivity index (χ0n) is 17.8. The van der Waals surface area contributed by atoms with E-state index >= 15 is 0 Å². The van der Waals surface area contributed by atoms with E-state index in [1.165, 1.54) is 0 Å². The summed E-state index contributed by atoms with van der Waals surface area (Å²) in [5.41, 5.74) is -0.0283. The molecule has 2 aliphatic rings. The van der Waals surface area contributed by atoms with Gasteiger partial charge in [0.1, 0.15) is 36.3 Å². The molecule has 2 aromatic carbocycles. The molecule has 0 bridgehead atoms. The fraction of sp³-hybridized carbons (Fsp3) is 0.348. The molecule has 2 aliphatic heterocycles. The van der Waals surface area contributed by atoms with E-state index in [1.54, 1.807) is 10.9 Å².